The van der Waals surface area contributed by atoms with E-state index in [1.165, 1.54) is 37.6 Å². The first-order valence-corrected chi connectivity index (χ1v) is 10.2. The molecule has 0 aliphatic carbocycles. The largest absolute Gasteiger partial charge is 0.481 e. The number of benzene rings is 1. The number of nitrogens with one attached hydrogen (secondary N) is 3. The third kappa shape index (κ3) is 7.69. The number of hydrogen-bond acceptors (Lipinski definition) is 6. The van der Waals surface area contributed by atoms with Gasteiger partial charge in [0.15, 0.2) is 0 Å². The van der Waals surface area contributed by atoms with E-state index in [-0.39, 0.29) is 18.2 Å². The van der Waals surface area contributed by atoms with Crippen LogP contribution in [0.25, 0.3) is 0 Å². The number of halogens is 1. The number of carbonyl (C=O) groups excluding carboxylic acids is 1. The van der Waals surface area contributed by atoms with Crippen LogP contribution in [-0.2, 0) is 0 Å². The van der Waals surface area contributed by atoms with Crippen molar-refractivity contribution in [3.8, 4) is 5.88 Å². The average molecular weight is 445 g/mol. The van der Waals surface area contributed by atoms with Gasteiger partial charge in [-0.1, -0.05) is 31.2 Å². The highest BCUT2D eigenvalue weighted by molar-refractivity contribution is 6.02. The number of nitroso groups, excluding NO2 is 1. The Hall–Kier alpha value is -3.40. The number of aliphatic imine (C=N–C) groups is 1. The number of pyridine rings is 1. The van der Waals surface area contributed by atoms with Crippen LogP contribution in [0.2, 0.25) is 0 Å². The predicted molar refractivity (Wildman–Crippen MR) is 121 cm³/mol. The topological polar surface area (TPSA) is 117 Å². The lowest BCUT2D eigenvalue weighted by Crippen LogP contribution is -2.50. The lowest BCUT2D eigenvalue weighted by Gasteiger charge is -2.23. The van der Waals surface area contributed by atoms with E-state index in [9.17, 15) is 14.1 Å². The molecule has 1 aromatic carbocycles. The Balaban J connectivity index is 2.17. The van der Waals surface area contributed by atoms with Crippen molar-refractivity contribution >= 4 is 11.9 Å². The zero-order valence-electron chi connectivity index (χ0n) is 18.6. The molecular weight excluding hydrogens is 415 g/mol. The number of hydrogen-bond donors (Lipinski definition) is 3. The lowest BCUT2D eigenvalue weighted by atomic mass is 10.0. The molecule has 1 amide bonds. The molecule has 0 fully saturated rings. The van der Waals surface area contributed by atoms with E-state index in [4.69, 9.17) is 4.74 Å². The number of rotatable bonds is 10. The van der Waals surface area contributed by atoms with E-state index in [1.54, 1.807) is 19.2 Å². The molecule has 0 spiro atoms. The Morgan fingerprint density at radius 2 is 1.91 bits per heavy atom. The van der Waals surface area contributed by atoms with Crippen LogP contribution in [0.4, 0.5) is 4.39 Å². The fourth-order valence-corrected chi connectivity index (χ4v) is 2.78. The second kappa shape index (κ2) is 12.5. The zero-order valence-corrected chi connectivity index (χ0v) is 18.6. The number of amides is 1. The van der Waals surface area contributed by atoms with E-state index in [2.05, 4.69) is 31.1 Å². The van der Waals surface area contributed by atoms with Gasteiger partial charge in [0.05, 0.1) is 18.8 Å². The van der Waals surface area contributed by atoms with Gasteiger partial charge in [-0.05, 0) is 36.7 Å². The normalized spacial score (nSPS) is 13.4. The van der Waals surface area contributed by atoms with Crippen LogP contribution in [0.15, 0.2) is 52.8 Å². The molecular formula is C22H29FN6O3. The van der Waals surface area contributed by atoms with Gasteiger partial charge in [0.25, 0.3) is 5.91 Å². The van der Waals surface area contributed by atoms with E-state index < -0.39 is 18.1 Å². The van der Waals surface area contributed by atoms with Crippen molar-refractivity contribution < 1.29 is 13.9 Å². The Morgan fingerprint density at radius 3 is 2.44 bits per heavy atom. The molecule has 0 saturated heterocycles. The highest BCUT2D eigenvalue weighted by Gasteiger charge is 2.20. The number of carbonyl (C=O) groups is 1. The van der Waals surface area contributed by atoms with E-state index in [0.717, 1.165) is 0 Å². The summed E-state index contributed by atoms with van der Waals surface area (Å²) >= 11 is 0. The van der Waals surface area contributed by atoms with Crippen molar-refractivity contribution in [1.82, 2.24) is 20.9 Å². The smallest absolute Gasteiger partial charge is 0.281 e. The molecule has 0 aliphatic heterocycles. The lowest BCUT2D eigenvalue weighted by molar-refractivity contribution is 0.100. The number of guanidine groups is 1. The summed E-state index contributed by atoms with van der Waals surface area (Å²) in [5, 5.41) is 12.5. The van der Waals surface area contributed by atoms with Gasteiger partial charge in [-0.15, -0.1) is 0 Å². The molecule has 2 rings (SSSR count). The van der Waals surface area contributed by atoms with Crippen molar-refractivity contribution in [3.63, 3.8) is 0 Å². The van der Waals surface area contributed by atoms with Gasteiger partial charge in [-0.25, -0.2) is 9.37 Å². The maximum atomic E-state index is 13.2. The maximum Gasteiger partial charge on any atom is 0.281 e. The van der Waals surface area contributed by atoms with Crippen molar-refractivity contribution in [2.45, 2.75) is 32.5 Å². The third-order valence-corrected chi connectivity index (χ3v) is 4.58. The van der Waals surface area contributed by atoms with Crippen molar-refractivity contribution in [2.24, 2.45) is 16.1 Å². The quantitative estimate of drug-likeness (QED) is 0.223. The van der Waals surface area contributed by atoms with Gasteiger partial charge in [0, 0.05) is 25.2 Å². The van der Waals surface area contributed by atoms with Crippen molar-refractivity contribution in [2.75, 3.05) is 20.7 Å². The Morgan fingerprint density at radius 1 is 1.19 bits per heavy atom. The average Bonchev–Trinajstić information content (AvgIpc) is 2.80. The Kier molecular flexibility index (Phi) is 9.68. The standard InChI is InChI=1S/C22H29FN6O3/c1-14(2)12-26-22(28-21(30)16-7-10-20(32-4)25-13-16)27-19(24-3)11-18(29-31)15-5-8-17(23)9-6-15/h5-10,13-14,18-19,24H,11-12H2,1-4H3,(H2,26,27,28,30). The molecule has 0 aliphatic rings. The van der Waals surface area contributed by atoms with Crippen LogP contribution in [0.3, 0.4) is 0 Å². The number of ether oxygens (including phenoxy) is 1. The second-order valence-electron chi connectivity index (χ2n) is 7.52. The van der Waals surface area contributed by atoms with Crippen LogP contribution < -0.4 is 20.7 Å². The summed E-state index contributed by atoms with van der Waals surface area (Å²) < 4.78 is 18.2. The predicted octanol–water partition coefficient (Wildman–Crippen LogP) is 3.00. The van der Waals surface area contributed by atoms with Crippen LogP contribution in [0, 0.1) is 16.6 Å². The Labute approximate surface area is 186 Å². The molecule has 32 heavy (non-hydrogen) atoms. The summed E-state index contributed by atoms with van der Waals surface area (Å²) in [6.45, 7) is 4.62. The number of methoxy groups -OCH3 is 1. The molecule has 0 saturated carbocycles. The van der Waals surface area contributed by atoms with Gasteiger partial charge in [-0.3, -0.25) is 4.79 Å². The molecule has 9 nitrogen and oxygen atoms in total. The SMILES string of the molecule is CNC(CC(N=O)c1ccc(F)cc1)N/C(=N\C(=O)c1ccc(OC)nc1)NCC(C)C. The van der Waals surface area contributed by atoms with Crippen molar-refractivity contribution in [1.29, 1.82) is 0 Å². The van der Waals surface area contributed by atoms with Gasteiger partial charge in [0.2, 0.25) is 11.8 Å². The zero-order chi connectivity index (χ0) is 23.5. The first-order chi connectivity index (χ1) is 15.4. The summed E-state index contributed by atoms with van der Waals surface area (Å²) in [5.41, 5.74) is 0.897. The minimum atomic E-state index is -0.714. The van der Waals surface area contributed by atoms with Crippen LogP contribution in [-0.4, -0.2) is 43.7 Å². The van der Waals surface area contributed by atoms with Gasteiger partial charge < -0.3 is 20.7 Å². The first-order valence-electron chi connectivity index (χ1n) is 10.2. The van der Waals surface area contributed by atoms with Crippen LogP contribution in [0.5, 0.6) is 5.88 Å². The highest BCUT2D eigenvalue weighted by atomic mass is 19.1. The molecule has 2 atom stereocenters. The highest BCUT2D eigenvalue weighted by Crippen LogP contribution is 2.22. The summed E-state index contributed by atoms with van der Waals surface area (Å²) in [7, 11) is 3.20. The van der Waals surface area contributed by atoms with E-state index in [1.807, 2.05) is 13.8 Å². The number of nitrogens with zero attached hydrogens (tertiary/aromatic N) is 3. The van der Waals surface area contributed by atoms with E-state index >= 15 is 0 Å². The molecule has 3 N–H and O–H groups in total. The summed E-state index contributed by atoms with van der Waals surface area (Å²) in [6, 6.07) is 8.07. The monoisotopic (exact) mass is 444 g/mol. The van der Waals surface area contributed by atoms with Crippen LogP contribution in [0.1, 0.15) is 42.2 Å². The fraction of sp³-hybridized carbons (Fsp3) is 0.409. The molecule has 2 aromatic rings. The summed E-state index contributed by atoms with van der Waals surface area (Å²) in [5.74, 6) is 0.0714. The molecule has 10 heteroatoms. The van der Waals surface area contributed by atoms with Crippen molar-refractivity contribution in [3.05, 3.63) is 64.4 Å². The molecule has 1 heterocycles. The number of aromatic nitrogens is 1. The first kappa shape index (κ1) is 24.9. The summed E-state index contributed by atoms with van der Waals surface area (Å²) in [6.07, 6.45) is 1.20. The fourth-order valence-electron chi connectivity index (χ4n) is 2.78. The third-order valence-electron chi connectivity index (χ3n) is 4.58. The van der Waals surface area contributed by atoms with Crippen LogP contribution >= 0.6 is 0 Å². The van der Waals surface area contributed by atoms with Gasteiger partial charge >= 0.3 is 0 Å². The molecule has 2 unspecified atom stereocenters. The minimum Gasteiger partial charge on any atom is -0.481 e. The molecule has 0 radical (unpaired) electrons. The van der Waals surface area contributed by atoms with Gasteiger partial charge in [0.1, 0.15) is 11.9 Å². The second-order valence-corrected chi connectivity index (χ2v) is 7.52. The summed E-state index contributed by atoms with van der Waals surface area (Å²) in [4.78, 5) is 32.3. The Bertz CT molecular complexity index is 903. The minimum absolute atomic E-state index is 0.252. The van der Waals surface area contributed by atoms with E-state index in [0.29, 0.717) is 29.5 Å². The maximum absolute atomic E-state index is 13.2. The molecule has 172 valence electrons. The molecule has 1 aromatic heterocycles. The molecule has 0 bridgehead atoms. The van der Waals surface area contributed by atoms with Gasteiger partial charge in [-0.2, -0.15) is 9.90 Å².